The summed E-state index contributed by atoms with van der Waals surface area (Å²) in [5, 5.41) is 15.6. The van der Waals surface area contributed by atoms with Crippen molar-refractivity contribution in [2.45, 2.75) is 6.92 Å². The number of aromatic amines is 1. The van der Waals surface area contributed by atoms with Gasteiger partial charge in [-0.3, -0.25) is 14.4 Å². The van der Waals surface area contributed by atoms with Gasteiger partial charge in [0.1, 0.15) is 6.54 Å². The third kappa shape index (κ3) is 2.51. The highest BCUT2D eigenvalue weighted by Gasteiger charge is 2.21. The second-order valence-electron chi connectivity index (χ2n) is 4.16. The topological polar surface area (TPSA) is 103 Å². The summed E-state index contributed by atoms with van der Waals surface area (Å²) in [6.07, 6.45) is 0. The lowest BCUT2D eigenvalue weighted by Gasteiger charge is -2.18. The van der Waals surface area contributed by atoms with Crippen molar-refractivity contribution in [2.75, 3.05) is 13.1 Å². The van der Waals surface area contributed by atoms with E-state index in [0.29, 0.717) is 10.8 Å². The minimum Gasteiger partial charge on any atom is -0.480 e. The number of amides is 1. The van der Waals surface area contributed by atoms with Gasteiger partial charge in [0.15, 0.2) is 5.69 Å². The van der Waals surface area contributed by atoms with E-state index < -0.39 is 24.0 Å². The molecular weight excluding hydrogens is 262 g/mol. The lowest BCUT2D eigenvalue weighted by Crippen LogP contribution is -2.36. The van der Waals surface area contributed by atoms with E-state index in [9.17, 15) is 14.4 Å². The monoisotopic (exact) mass is 275 g/mol. The van der Waals surface area contributed by atoms with Gasteiger partial charge < -0.3 is 10.0 Å². The van der Waals surface area contributed by atoms with Crippen LogP contribution in [0.1, 0.15) is 17.4 Å². The Morgan fingerprint density at radius 3 is 2.55 bits per heavy atom. The van der Waals surface area contributed by atoms with Crippen LogP contribution in [0.25, 0.3) is 10.8 Å². The van der Waals surface area contributed by atoms with Crippen molar-refractivity contribution < 1.29 is 14.7 Å². The summed E-state index contributed by atoms with van der Waals surface area (Å²) in [7, 11) is 0. The number of fused-ring (bicyclic) bond motifs is 1. The highest BCUT2D eigenvalue weighted by molar-refractivity contribution is 6.05. The molecule has 2 aromatic rings. The predicted octanol–water partition coefficient (Wildman–Crippen LogP) is 0.470. The third-order valence-electron chi connectivity index (χ3n) is 2.89. The number of nitrogens with zero attached hydrogens (tertiary/aromatic N) is 2. The summed E-state index contributed by atoms with van der Waals surface area (Å²) in [4.78, 5) is 35.8. The zero-order valence-corrected chi connectivity index (χ0v) is 10.8. The van der Waals surface area contributed by atoms with Crippen molar-refractivity contribution in [1.82, 2.24) is 15.1 Å². The average molecular weight is 275 g/mol. The number of carbonyl (C=O) groups is 2. The minimum atomic E-state index is -1.10. The molecule has 0 saturated heterocycles. The van der Waals surface area contributed by atoms with E-state index in [2.05, 4.69) is 10.2 Å². The Balaban J connectivity index is 2.52. The summed E-state index contributed by atoms with van der Waals surface area (Å²) < 4.78 is 0. The summed E-state index contributed by atoms with van der Waals surface area (Å²) in [6, 6.07) is 6.56. The van der Waals surface area contributed by atoms with Crippen LogP contribution in [0.3, 0.4) is 0 Å². The van der Waals surface area contributed by atoms with E-state index >= 15 is 0 Å². The van der Waals surface area contributed by atoms with Gasteiger partial charge in [0.05, 0.1) is 5.39 Å². The van der Waals surface area contributed by atoms with E-state index in [1.54, 1.807) is 31.2 Å². The Morgan fingerprint density at radius 2 is 1.95 bits per heavy atom. The highest BCUT2D eigenvalue weighted by Crippen LogP contribution is 2.14. The molecule has 1 aromatic carbocycles. The lowest BCUT2D eigenvalue weighted by atomic mass is 10.1. The van der Waals surface area contributed by atoms with Crippen LogP contribution in [0.4, 0.5) is 0 Å². The molecule has 0 saturated carbocycles. The number of nitrogens with one attached hydrogen (secondary N) is 1. The van der Waals surface area contributed by atoms with Crippen molar-refractivity contribution in [3.8, 4) is 0 Å². The Bertz CT molecular complexity index is 723. The first-order valence-electron chi connectivity index (χ1n) is 6.03. The van der Waals surface area contributed by atoms with Crippen LogP contribution in [0.15, 0.2) is 29.1 Å². The summed E-state index contributed by atoms with van der Waals surface area (Å²) in [5.74, 6) is -1.63. The maximum absolute atomic E-state index is 12.3. The van der Waals surface area contributed by atoms with E-state index in [1.807, 2.05) is 0 Å². The number of benzene rings is 1. The Hall–Kier alpha value is -2.70. The van der Waals surface area contributed by atoms with Gasteiger partial charge in [-0.05, 0) is 13.0 Å². The van der Waals surface area contributed by atoms with Crippen LogP contribution in [-0.2, 0) is 4.79 Å². The second kappa shape index (κ2) is 5.52. The summed E-state index contributed by atoms with van der Waals surface area (Å²) >= 11 is 0. The van der Waals surface area contributed by atoms with Crippen molar-refractivity contribution >= 4 is 22.6 Å². The van der Waals surface area contributed by atoms with Crippen LogP contribution in [0.2, 0.25) is 0 Å². The average Bonchev–Trinajstić information content (AvgIpc) is 2.44. The molecule has 1 amide bonds. The first-order chi connectivity index (χ1) is 9.54. The first-order valence-corrected chi connectivity index (χ1v) is 6.03. The van der Waals surface area contributed by atoms with Gasteiger partial charge in [-0.15, -0.1) is 0 Å². The fraction of sp³-hybridized carbons (Fsp3) is 0.231. The molecule has 0 radical (unpaired) electrons. The van der Waals surface area contributed by atoms with Gasteiger partial charge >= 0.3 is 5.97 Å². The Kier molecular flexibility index (Phi) is 3.79. The number of likely N-dealkylation sites (N-methyl/N-ethyl adjacent to an activating group) is 1. The molecule has 0 bridgehead atoms. The van der Waals surface area contributed by atoms with Crippen molar-refractivity contribution in [1.29, 1.82) is 0 Å². The van der Waals surface area contributed by atoms with E-state index in [4.69, 9.17) is 5.11 Å². The molecule has 0 unspecified atom stereocenters. The molecule has 1 heterocycles. The zero-order chi connectivity index (χ0) is 14.7. The Labute approximate surface area is 113 Å². The molecule has 0 aliphatic carbocycles. The molecule has 0 atom stereocenters. The predicted molar refractivity (Wildman–Crippen MR) is 71.6 cm³/mol. The molecule has 20 heavy (non-hydrogen) atoms. The van der Waals surface area contributed by atoms with Crippen molar-refractivity contribution in [2.24, 2.45) is 0 Å². The number of carboxylic acids is 1. The molecule has 0 spiro atoms. The molecule has 1 aromatic heterocycles. The van der Waals surface area contributed by atoms with E-state index in [-0.39, 0.29) is 12.2 Å². The molecule has 104 valence electrons. The number of aliphatic carboxylic acids is 1. The van der Waals surface area contributed by atoms with E-state index in [1.165, 1.54) is 0 Å². The number of carbonyl (C=O) groups excluding carboxylic acids is 1. The van der Waals surface area contributed by atoms with Crippen LogP contribution >= 0.6 is 0 Å². The SMILES string of the molecule is CCN(CC(=O)O)C(=O)c1n[nH]c(=O)c2ccccc12. The van der Waals surface area contributed by atoms with Crippen LogP contribution in [-0.4, -0.2) is 45.2 Å². The van der Waals surface area contributed by atoms with Crippen LogP contribution in [0.5, 0.6) is 0 Å². The van der Waals surface area contributed by atoms with Gasteiger partial charge in [0, 0.05) is 11.9 Å². The molecule has 7 nitrogen and oxygen atoms in total. The molecular formula is C13H13N3O4. The maximum Gasteiger partial charge on any atom is 0.323 e. The first kappa shape index (κ1) is 13.7. The number of hydrogen-bond donors (Lipinski definition) is 2. The number of hydrogen-bond acceptors (Lipinski definition) is 4. The van der Waals surface area contributed by atoms with E-state index in [0.717, 1.165) is 4.90 Å². The zero-order valence-electron chi connectivity index (χ0n) is 10.8. The fourth-order valence-corrected chi connectivity index (χ4v) is 1.92. The Morgan fingerprint density at radius 1 is 1.30 bits per heavy atom. The minimum absolute atomic E-state index is 0.0447. The fourth-order valence-electron chi connectivity index (χ4n) is 1.92. The quantitative estimate of drug-likeness (QED) is 0.844. The molecule has 0 aliphatic heterocycles. The lowest BCUT2D eigenvalue weighted by molar-refractivity contribution is -0.137. The number of carboxylic acid groups (broad SMARTS) is 1. The normalized spacial score (nSPS) is 10.4. The standard InChI is InChI=1S/C13H13N3O4/c1-2-16(7-10(17)18)13(20)11-8-5-3-4-6-9(8)12(19)15-14-11/h3-6H,2,7H2,1H3,(H,15,19)(H,17,18). The van der Waals surface area contributed by atoms with Crippen molar-refractivity contribution in [3.63, 3.8) is 0 Å². The van der Waals surface area contributed by atoms with Gasteiger partial charge in [0.2, 0.25) is 0 Å². The highest BCUT2D eigenvalue weighted by atomic mass is 16.4. The van der Waals surface area contributed by atoms with Gasteiger partial charge in [-0.1, -0.05) is 18.2 Å². The van der Waals surface area contributed by atoms with Gasteiger partial charge in [-0.2, -0.15) is 5.10 Å². The van der Waals surface area contributed by atoms with Gasteiger partial charge in [0.25, 0.3) is 11.5 Å². The molecule has 2 N–H and O–H groups in total. The molecule has 0 aliphatic rings. The molecule has 2 rings (SSSR count). The van der Waals surface area contributed by atoms with Crippen LogP contribution in [0, 0.1) is 0 Å². The number of H-pyrrole nitrogens is 1. The smallest absolute Gasteiger partial charge is 0.323 e. The van der Waals surface area contributed by atoms with Crippen LogP contribution < -0.4 is 5.56 Å². The third-order valence-corrected chi connectivity index (χ3v) is 2.89. The number of aromatic nitrogens is 2. The molecule has 0 fully saturated rings. The second-order valence-corrected chi connectivity index (χ2v) is 4.16. The number of rotatable bonds is 4. The maximum atomic E-state index is 12.3. The summed E-state index contributed by atoms with van der Waals surface area (Å²) in [6.45, 7) is 1.50. The van der Waals surface area contributed by atoms with Gasteiger partial charge in [-0.25, -0.2) is 5.10 Å². The summed E-state index contributed by atoms with van der Waals surface area (Å²) in [5.41, 5.74) is -0.346. The largest absolute Gasteiger partial charge is 0.480 e. The molecule has 7 heteroatoms. The van der Waals surface area contributed by atoms with Crippen molar-refractivity contribution in [3.05, 3.63) is 40.3 Å².